The van der Waals surface area contributed by atoms with Crippen LogP contribution in [-0.2, 0) is 19.4 Å². The molecule has 7 heteroatoms. The van der Waals surface area contributed by atoms with Crippen LogP contribution in [0.25, 0.3) is 0 Å². The van der Waals surface area contributed by atoms with E-state index in [1.807, 2.05) is 13.8 Å². The summed E-state index contributed by atoms with van der Waals surface area (Å²) in [6.45, 7) is 4.09. The number of amides is 1. The Labute approximate surface area is 131 Å². The van der Waals surface area contributed by atoms with Gasteiger partial charge in [-0.25, -0.2) is 8.42 Å². The first-order chi connectivity index (χ1) is 10.2. The lowest BCUT2D eigenvalue weighted by molar-refractivity contribution is -0.151. The fraction of sp³-hybridized carbons (Fsp3) is 0.867. The molecule has 126 valence electrons. The Balaban J connectivity index is 2.04. The molecule has 0 aromatic carbocycles. The summed E-state index contributed by atoms with van der Waals surface area (Å²) in [4.78, 5) is 25.3. The quantitative estimate of drug-likeness (QED) is 0.820. The van der Waals surface area contributed by atoms with Gasteiger partial charge in [0, 0.05) is 13.1 Å². The SMILES string of the molecule is CC(C)C1(C(=O)O)CCN(C(=O)CS(=O)(=O)C2CCCC2)C1. The number of hydrogen-bond donors (Lipinski definition) is 1. The Hall–Kier alpha value is -1.11. The van der Waals surface area contributed by atoms with Crippen molar-refractivity contribution in [2.45, 2.75) is 51.2 Å². The molecule has 1 N–H and O–H groups in total. The lowest BCUT2D eigenvalue weighted by Crippen LogP contribution is -2.42. The van der Waals surface area contributed by atoms with Crippen LogP contribution < -0.4 is 0 Å². The zero-order valence-electron chi connectivity index (χ0n) is 13.2. The highest BCUT2D eigenvalue weighted by Crippen LogP contribution is 2.38. The number of hydrogen-bond acceptors (Lipinski definition) is 4. The molecule has 1 heterocycles. The van der Waals surface area contributed by atoms with Gasteiger partial charge in [-0.1, -0.05) is 26.7 Å². The topological polar surface area (TPSA) is 91.8 Å². The van der Waals surface area contributed by atoms with E-state index in [4.69, 9.17) is 0 Å². The molecule has 1 saturated carbocycles. The van der Waals surface area contributed by atoms with Gasteiger partial charge in [-0.3, -0.25) is 9.59 Å². The highest BCUT2D eigenvalue weighted by molar-refractivity contribution is 7.92. The minimum atomic E-state index is -3.41. The van der Waals surface area contributed by atoms with Crippen molar-refractivity contribution in [1.82, 2.24) is 4.90 Å². The number of carboxylic acid groups (broad SMARTS) is 1. The second-order valence-electron chi connectivity index (χ2n) is 6.89. The number of carbonyl (C=O) groups is 2. The van der Waals surface area contributed by atoms with Crippen LogP contribution >= 0.6 is 0 Å². The van der Waals surface area contributed by atoms with Crippen LogP contribution in [-0.4, -0.2) is 54.4 Å². The van der Waals surface area contributed by atoms with Crippen molar-refractivity contribution in [3.8, 4) is 0 Å². The van der Waals surface area contributed by atoms with E-state index in [1.54, 1.807) is 0 Å². The molecule has 1 aliphatic heterocycles. The number of aliphatic carboxylic acids is 1. The molecule has 1 amide bonds. The second kappa shape index (κ2) is 6.18. The van der Waals surface area contributed by atoms with Crippen LogP contribution in [0.1, 0.15) is 46.0 Å². The summed E-state index contributed by atoms with van der Waals surface area (Å²) >= 11 is 0. The van der Waals surface area contributed by atoms with Gasteiger partial charge in [0.1, 0.15) is 5.75 Å². The van der Waals surface area contributed by atoms with E-state index in [0.29, 0.717) is 25.8 Å². The van der Waals surface area contributed by atoms with E-state index in [0.717, 1.165) is 12.8 Å². The molecule has 2 aliphatic rings. The van der Waals surface area contributed by atoms with Crippen molar-refractivity contribution in [2.75, 3.05) is 18.8 Å². The first kappa shape index (κ1) is 17.2. The molecule has 0 bridgehead atoms. The summed E-state index contributed by atoms with van der Waals surface area (Å²) in [7, 11) is -3.41. The number of carbonyl (C=O) groups excluding carboxylic acids is 1. The lowest BCUT2D eigenvalue weighted by Gasteiger charge is -2.28. The monoisotopic (exact) mass is 331 g/mol. The van der Waals surface area contributed by atoms with E-state index in [-0.39, 0.29) is 12.5 Å². The van der Waals surface area contributed by atoms with Crippen LogP contribution in [0, 0.1) is 11.3 Å². The van der Waals surface area contributed by atoms with Gasteiger partial charge in [-0.05, 0) is 25.2 Å². The molecule has 2 fully saturated rings. The number of nitrogens with zero attached hydrogens (tertiary/aromatic N) is 1. The highest BCUT2D eigenvalue weighted by Gasteiger charge is 2.49. The zero-order valence-corrected chi connectivity index (χ0v) is 14.1. The lowest BCUT2D eigenvalue weighted by atomic mass is 9.76. The molecule has 0 spiro atoms. The minimum Gasteiger partial charge on any atom is -0.481 e. The third kappa shape index (κ3) is 3.14. The predicted molar refractivity (Wildman–Crippen MR) is 82.1 cm³/mol. The maximum atomic E-state index is 12.3. The van der Waals surface area contributed by atoms with Crippen molar-refractivity contribution >= 4 is 21.7 Å². The molecule has 6 nitrogen and oxygen atoms in total. The van der Waals surface area contributed by atoms with Crippen LogP contribution in [0.15, 0.2) is 0 Å². The van der Waals surface area contributed by atoms with Gasteiger partial charge in [0.2, 0.25) is 5.91 Å². The molecule has 1 saturated heterocycles. The molecular weight excluding hydrogens is 306 g/mol. The largest absolute Gasteiger partial charge is 0.481 e. The van der Waals surface area contributed by atoms with Gasteiger partial charge in [0.05, 0.1) is 10.7 Å². The fourth-order valence-corrected chi connectivity index (χ4v) is 5.38. The standard InChI is InChI=1S/C15H25NO5S/c1-11(2)15(14(18)19)7-8-16(10-15)13(17)9-22(20,21)12-5-3-4-6-12/h11-12H,3-10H2,1-2H3,(H,18,19). The Morgan fingerprint density at radius 3 is 2.32 bits per heavy atom. The van der Waals surface area contributed by atoms with E-state index in [9.17, 15) is 23.1 Å². The fourth-order valence-electron chi connectivity index (χ4n) is 3.57. The Kier molecular flexibility index (Phi) is 4.84. The maximum absolute atomic E-state index is 12.3. The number of sulfone groups is 1. The third-order valence-corrected chi connectivity index (χ3v) is 7.46. The van der Waals surface area contributed by atoms with Crippen LogP contribution in [0.4, 0.5) is 0 Å². The Morgan fingerprint density at radius 2 is 1.86 bits per heavy atom. The smallest absolute Gasteiger partial charge is 0.311 e. The Bertz CT molecular complexity index is 550. The summed E-state index contributed by atoms with van der Waals surface area (Å²) in [5.41, 5.74) is -0.952. The van der Waals surface area contributed by atoms with E-state index in [2.05, 4.69) is 0 Å². The van der Waals surface area contributed by atoms with E-state index < -0.39 is 38.1 Å². The predicted octanol–water partition coefficient (Wildman–Crippen LogP) is 1.30. The summed E-state index contributed by atoms with van der Waals surface area (Å²) in [6.07, 6.45) is 3.46. The van der Waals surface area contributed by atoms with Crippen LogP contribution in [0.5, 0.6) is 0 Å². The van der Waals surface area contributed by atoms with Crippen LogP contribution in [0.3, 0.4) is 0 Å². The van der Waals surface area contributed by atoms with Crippen molar-refractivity contribution < 1.29 is 23.1 Å². The normalized spacial score (nSPS) is 26.8. The molecule has 22 heavy (non-hydrogen) atoms. The number of rotatable bonds is 5. The minimum absolute atomic E-state index is 0.103. The zero-order chi connectivity index (χ0) is 16.5. The van der Waals surface area contributed by atoms with Crippen LogP contribution in [0.2, 0.25) is 0 Å². The average Bonchev–Trinajstić information content (AvgIpc) is 3.09. The first-order valence-corrected chi connectivity index (χ1v) is 9.63. The van der Waals surface area contributed by atoms with Crippen molar-refractivity contribution in [3.05, 3.63) is 0 Å². The summed E-state index contributed by atoms with van der Waals surface area (Å²) < 4.78 is 24.5. The summed E-state index contributed by atoms with van der Waals surface area (Å²) in [5, 5.41) is 9.09. The van der Waals surface area contributed by atoms with E-state index >= 15 is 0 Å². The molecule has 2 rings (SSSR count). The van der Waals surface area contributed by atoms with E-state index in [1.165, 1.54) is 4.90 Å². The third-order valence-electron chi connectivity index (χ3n) is 5.32. The summed E-state index contributed by atoms with van der Waals surface area (Å²) in [6, 6.07) is 0. The van der Waals surface area contributed by atoms with Gasteiger partial charge >= 0.3 is 5.97 Å². The Morgan fingerprint density at radius 1 is 1.27 bits per heavy atom. The molecule has 1 atom stereocenters. The summed E-state index contributed by atoms with van der Waals surface area (Å²) in [5.74, 6) is -1.94. The second-order valence-corrected chi connectivity index (χ2v) is 9.18. The van der Waals surface area contributed by atoms with Gasteiger partial charge in [-0.2, -0.15) is 0 Å². The maximum Gasteiger partial charge on any atom is 0.311 e. The highest BCUT2D eigenvalue weighted by atomic mass is 32.2. The number of likely N-dealkylation sites (tertiary alicyclic amines) is 1. The molecule has 0 aromatic heterocycles. The molecule has 1 aliphatic carbocycles. The first-order valence-electron chi connectivity index (χ1n) is 7.92. The van der Waals surface area contributed by atoms with Gasteiger partial charge in [0.25, 0.3) is 0 Å². The van der Waals surface area contributed by atoms with Crippen molar-refractivity contribution in [3.63, 3.8) is 0 Å². The van der Waals surface area contributed by atoms with Gasteiger partial charge < -0.3 is 10.0 Å². The van der Waals surface area contributed by atoms with Gasteiger partial charge in [-0.15, -0.1) is 0 Å². The van der Waals surface area contributed by atoms with Gasteiger partial charge in [0.15, 0.2) is 9.84 Å². The molecular formula is C15H25NO5S. The molecule has 1 unspecified atom stereocenters. The van der Waals surface area contributed by atoms with Crippen molar-refractivity contribution in [2.24, 2.45) is 11.3 Å². The number of carboxylic acids is 1. The van der Waals surface area contributed by atoms with Crippen molar-refractivity contribution in [1.29, 1.82) is 0 Å². The average molecular weight is 331 g/mol. The molecule has 0 aromatic rings. The molecule has 0 radical (unpaired) electrons.